The molecule has 0 heterocycles. The van der Waals surface area contributed by atoms with E-state index in [1.165, 1.54) is 12.1 Å². The van der Waals surface area contributed by atoms with Gasteiger partial charge in [0.15, 0.2) is 0 Å². The van der Waals surface area contributed by atoms with Gasteiger partial charge in [-0.25, -0.2) is 0 Å². The number of nitro benzene ring substituents is 1. The highest BCUT2D eigenvalue weighted by atomic mass is 35.5. The van der Waals surface area contributed by atoms with E-state index in [2.05, 4.69) is 5.32 Å². The van der Waals surface area contributed by atoms with Crippen LogP contribution >= 0.6 is 23.2 Å². The van der Waals surface area contributed by atoms with Gasteiger partial charge in [0, 0.05) is 29.7 Å². The molecule has 2 aromatic rings. The Morgan fingerprint density at radius 1 is 1.24 bits per heavy atom. The molecule has 0 fully saturated rings. The molecule has 0 unspecified atom stereocenters. The lowest BCUT2D eigenvalue weighted by Crippen LogP contribution is -2.18. The fourth-order valence-corrected chi connectivity index (χ4v) is 2.39. The molecule has 0 aromatic heterocycles. The molecule has 0 aliphatic rings. The summed E-state index contributed by atoms with van der Waals surface area (Å²) in [5, 5.41) is 15.1. The third-order valence-electron chi connectivity index (χ3n) is 3.19. The van der Waals surface area contributed by atoms with E-state index >= 15 is 0 Å². The van der Waals surface area contributed by atoms with Crippen LogP contribution in [0.15, 0.2) is 42.5 Å². The van der Waals surface area contributed by atoms with Crippen LogP contribution in [-0.4, -0.2) is 4.92 Å². The van der Waals surface area contributed by atoms with Gasteiger partial charge in [0.05, 0.1) is 9.95 Å². The van der Waals surface area contributed by atoms with Crippen LogP contribution in [0.3, 0.4) is 0 Å². The molecule has 2 aromatic carbocycles. The van der Waals surface area contributed by atoms with Gasteiger partial charge in [-0.3, -0.25) is 10.1 Å². The summed E-state index contributed by atoms with van der Waals surface area (Å²) in [6.07, 6.45) is 0. The van der Waals surface area contributed by atoms with Gasteiger partial charge >= 0.3 is 0 Å². The third kappa shape index (κ3) is 4.17. The smallest absolute Gasteiger partial charge is 0.270 e. The lowest BCUT2D eigenvalue weighted by Gasteiger charge is -2.15. The van der Waals surface area contributed by atoms with E-state index in [-0.39, 0.29) is 11.7 Å². The van der Waals surface area contributed by atoms with Crippen LogP contribution < -0.4 is 5.32 Å². The maximum atomic E-state index is 10.7. The maximum absolute atomic E-state index is 10.7. The van der Waals surface area contributed by atoms with E-state index in [0.29, 0.717) is 16.6 Å². The molecule has 0 aliphatic carbocycles. The summed E-state index contributed by atoms with van der Waals surface area (Å²) in [4.78, 5) is 10.2. The molecule has 1 atom stereocenters. The standard InChI is InChI=1S/C15H14Cl2N2O2/c1-10(11-3-2-4-13(16)7-11)18-9-12-5-6-14(19(20)21)8-15(12)17/h2-8,10,18H,9H2,1H3/t10-/m1/s1. The van der Waals surface area contributed by atoms with Crippen molar-refractivity contribution in [1.82, 2.24) is 5.32 Å². The van der Waals surface area contributed by atoms with Gasteiger partial charge in [0.25, 0.3) is 5.69 Å². The first-order valence-electron chi connectivity index (χ1n) is 6.39. The molecular formula is C15H14Cl2N2O2. The summed E-state index contributed by atoms with van der Waals surface area (Å²) in [7, 11) is 0. The van der Waals surface area contributed by atoms with Crippen molar-refractivity contribution < 1.29 is 4.92 Å². The first-order valence-corrected chi connectivity index (χ1v) is 7.14. The van der Waals surface area contributed by atoms with E-state index in [1.807, 2.05) is 31.2 Å². The minimum atomic E-state index is -0.461. The number of nitrogens with zero attached hydrogens (tertiary/aromatic N) is 1. The van der Waals surface area contributed by atoms with Crippen molar-refractivity contribution in [2.75, 3.05) is 0 Å². The topological polar surface area (TPSA) is 55.2 Å². The van der Waals surface area contributed by atoms with Gasteiger partial charge in [-0.15, -0.1) is 0 Å². The van der Waals surface area contributed by atoms with E-state index in [9.17, 15) is 10.1 Å². The second kappa shape index (κ2) is 6.89. The molecule has 21 heavy (non-hydrogen) atoms. The van der Waals surface area contributed by atoms with Crippen molar-refractivity contribution in [3.63, 3.8) is 0 Å². The molecule has 4 nitrogen and oxygen atoms in total. The van der Waals surface area contributed by atoms with Gasteiger partial charge in [-0.1, -0.05) is 35.3 Å². The van der Waals surface area contributed by atoms with Crippen LogP contribution in [0.1, 0.15) is 24.1 Å². The number of rotatable bonds is 5. The molecule has 0 saturated heterocycles. The van der Waals surface area contributed by atoms with Crippen LogP contribution in [0, 0.1) is 10.1 Å². The molecule has 6 heteroatoms. The van der Waals surface area contributed by atoms with Crippen LogP contribution in [0.2, 0.25) is 10.0 Å². The molecule has 2 rings (SSSR count). The number of non-ortho nitro benzene ring substituents is 1. The van der Waals surface area contributed by atoms with Crippen molar-refractivity contribution in [3.05, 3.63) is 73.8 Å². The van der Waals surface area contributed by atoms with Crippen molar-refractivity contribution in [2.24, 2.45) is 0 Å². The molecule has 0 saturated carbocycles. The van der Waals surface area contributed by atoms with Crippen molar-refractivity contribution in [2.45, 2.75) is 19.5 Å². The van der Waals surface area contributed by atoms with E-state index in [4.69, 9.17) is 23.2 Å². The zero-order valence-electron chi connectivity index (χ0n) is 11.3. The summed E-state index contributed by atoms with van der Waals surface area (Å²) in [6.45, 7) is 2.54. The molecule has 0 radical (unpaired) electrons. The summed E-state index contributed by atoms with van der Waals surface area (Å²) in [5.74, 6) is 0. The summed E-state index contributed by atoms with van der Waals surface area (Å²) < 4.78 is 0. The predicted molar refractivity (Wildman–Crippen MR) is 84.8 cm³/mol. The SMILES string of the molecule is C[C@@H](NCc1ccc([N+](=O)[O-])cc1Cl)c1cccc(Cl)c1. The van der Waals surface area contributed by atoms with E-state index in [0.717, 1.165) is 11.1 Å². The monoisotopic (exact) mass is 324 g/mol. The summed E-state index contributed by atoms with van der Waals surface area (Å²) >= 11 is 12.0. The Bertz CT molecular complexity index is 662. The van der Waals surface area contributed by atoms with Gasteiger partial charge in [-0.05, 0) is 36.2 Å². The van der Waals surface area contributed by atoms with Crippen molar-refractivity contribution >= 4 is 28.9 Å². The zero-order valence-corrected chi connectivity index (χ0v) is 12.9. The van der Waals surface area contributed by atoms with Gasteiger partial charge in [0.2, 0.25) is 0 Å². The molecular weight excluding hydrogens is 311 g/mol. The highest BCUT2D eigenvalue weighted by Crippen LogP contribution is 2.23. The Morgan fingerprint density at radius 3 is 2.62 bits per heavy atom. The minimum absolute atomic E-state index is 0.00774. The average molecular weight is 325 g/mol. The van der Waals surface area contributed by atoms with Crippen LogP contribution in [0.5, 0.6) is 0 Å². The molecule has 0 spiro atoms. The Labute approximate surface area is 132 Å². The predicted octanol–water partition coefficient (Wildman–Crippen LogP) is 4.75. The molecule has 0 aliphatic heterocycles. The number of hydrogen-bond acceptors (Lipinski definition) is 3. The average Bonchev–Trinajstić information content (AvgIpc) is 2.45. The summed E-state index contributed by atoms with van der Waals surface area (Å²) in [6, 6.07) is 12.2. The van der Waals surface area contributed by atoms with Gasteiger partial charge < -0.3 is 5.32 Å². The van der Waals surface area contributed by atoms with Gasteiger partial charge in [-0.2, -0.15) is 0 Å². The second-order valence-corrected chi connectivity index (χ2v) is 5.53. The van der Waals surface area contributed by atoms with Crippen LogP contribution in [-0.2, 0) is 6.54 Å². The first-order chi connectivity index (χ1) is 9.97. The molecule has 0 bridgehead atoms. The lowest BCUT2D eigenvalue weighted by atomic mass is 10.1. The van der Waals surface area contributed by atoms with Crippen LogP contribution in [0.4, 0.5) is 5.69 Å². The minimum Gasteiger partial charge on any atom is -0.306 e. The Morgan fingerprint density at radius 2 is 2.00 bits per heavy atom. The number of nitro groups is 1. The third-order valence-corrected chi connectivity index (χ3v) is 3.78. The lowest BCUT2D eigenvalue weighted by molar-refractivity contribution is -0.384. The number of benzene rings is 2. The van der Waals surface area contributed by atoms with Crippen molar-refractivity contribution in [1.29, 1.82) is 0 Å². The Hall–Kier alpha value is -1.62. The fourth-order valence-electron chi connectivity index (χ4n) is 1.95. The number of hydrogen-bond donors (Lipinski definition) is 1. The molecule has 0 amide bonds. The maximum Gasteiger partial charge on any atom is 0.270 e. The summed E-state index contributed by atoms with van der Waals surface area (Å²) in [5.41, 5.74) is 1.88. The van der Waals surface area contributed by atoms with Crippen molar-refractivity contribution in [3.8, 4) is 0 Å². The van der Waals surface area contributed by atoms with Gasteiger partial charge in [0.1, 0.15) is 0 Å². The fraction of sp³-hybridized carbons (Fsp3) is 0.200. The first kappa shape index (κ1) is 15.8. The Balaban J connectivity index is 2.04. The normalized spacial score (nSPS) is 12.1. The van der Waals surface area contributed by atoms with Crippen LogP contribution in [0.25, 0.3) is 0 Å². The Kier molecular flexibility index (Phi) is 5.17. The molecule has 110 valence electrons. The molecule has 1 N–H and O–H groups in total. The zero-order chi connectivity index (χ0) is 15.4. The second-order valence-electron chi connectivity index (χ2n) is 4.69. The highest BCUT2D eigenvalue weighted by molar-refractivity contribution is 6.31. The number of nitrogens with one attached hydrogen (secondary N) is 1. The largest absolute Gasteiger partial charge is 0.306 e. The number of halogens is 2. The quantitative estimate of drug-likeness (QED) is 0.637. The highest BCUT2D eigenvalue weighted by Gasteiger charge is 2.11. The van der Waals surface area contributed by atoms with E-state index in [1.54, 1.807) is 6.07 Å². The van der Waals surface area contributed by atoms with E-state index < -0.39 is 4.92 Å².